The van der Waals surface area contributed by atoms with Crippen molar-refractivity contribution in [1.29, 1.82) is 0 Å². The van der Waals surface area contributed by atoms with Crippen molar-refractivity contribution in [2.75, 3.05) is 30.6 Å². The van der Waals surface area contributed by atoms with E-state index in [4.69, 9.17) is 10.6 Å². The number of nitrogens with one attached hydrogen (secondary N) is 1. The molecule has 0 atom stereocenters. The fourth-order valence-electron chi connectivity index (χ4n) is 1.67. The lowest BCUT2D eigenvalue weighted by Crippen LogP contribution is -2.31. The van der Waals surface area contributed by atoms with E-state index in [9.17, 15) is 0 Å². The van der Waals surface area contributed by atoms with Crippen molar-refractivity contribution < 1.29 is 4.74 Å². The number of methoxy groups -OCH3 is 1. The summed E-state index contributed by atoms with van der Waals surface area (Å²) in [6.07, 6.45) is 4.11. The van der Waals surface area contributed by atoms with E-state index >= 15 is 0 Å². The van der Waals surface area contributed by atoms with Crippen molar-refractivity contribution in [3.05, 3.63) is 10.7 Å². The van der Waals surface area contributed by atoms with E-state index < -0.39 is 0 Å². The minimum absolute atomic E-state index is 0.422. The zero-order chi connectivity index (χ0) is 12.3. The minimum atomic E-state index is 0.422. The molecule has 2 rings (SSSR count). The predicted octanol–water partition coefficient (Wildman–Crippen LogP) is 1.14. The van der Waals surface area contributed by atoms with Gasteiger partial charge in [-0.15, -0.1) is 0 Å². The quantitative estimate of drug-likeness (QED) is 0.606. The van der Waals surface area contributed by atoms with Crippen LogP contribution >= 0.6 is 15.9 Å². The molecule has 1 aromatic heterocycles. The lowest BCUT2D eigenvalue weighted by atomic mass is 10.4. The fraction of sp³-hybridized carbons (Fsp3) is 0.600. The van der Waals surface area contributed by atoms with E-state index in [-0.39, 0.29) is 0 Å². The summed E-state index contributed by atoms with van der Waals surface area (Å²) in [5, 5.41) is 0. The normalized spacial score (nSPS) is 14.8. The summed E-state index contributed by atoms with van der Waals surface area (Å²) in [5.74, 6) is 6.62. The van der Waals surface area contributed by atoms with Gasteiger partial charge in [0.1, 0.15) is 5.82 Å². The van der Waals surface area contributed by atoms with E-state index in [1.807, 2.05) is 0 Å². The number of anilines is 2. The maximum Gasteiger partial charge on any atom is 0.239 e. The van der Waals surface area contributed by atoms with Crippen LogP contribution in [-0.4, -0.2) is 36.3 Å². The van der Waals surface area contributed by atoms with Gasteiger partial charge in [-0.05, 0) is 28.8 Å². The van der Waals surface area contributed by atoms with Crippen molar-refractivity contribution in [3.8, 4) is 0 Å². The van der Waals surface area contributed by atoms with Gasteiger partial charge in [0.05, 0.1) is 11.1 Å². The van der Waals surface area contributed by atoms with Crippen LogP contribution in [0, 0.1) is 0 Å². The molecule has 1 saturated carbocycles. The number of nitrogen functional groups attached to an aromatic ring is 1. The Kier molecular flexibility index (Phi) is 4.14. The molecule has 17 heavy (non-hydrogen) atoms. The third kappa shape index (κ3) is 3.05. The van der Waals surface area contributed by atoms with Gasteiger partial charge in [0.25, 0.3) is 0 Å². The summed E-state index contributed by atoms with van der Waals surface area (Å²) in [5.41, 5.74) is 2.46. The minimum Gasteiger partial charge on any atom is -0.383 e. The van der Waals surface area contributed by atoms with Gasteiger partial charge in [-0.25, -0.2) is 10.8 Å². The Hall–Kier alpha value is -0.920. The number of hydrogen-bond acceptors (Lipinski definition) is 6. The first-order valence-corrected chi connectivity index (χ1v) is 6.30. The molecule has 0 saturated heterocycles. The highest BCUT2D eigenvalue weighted by Crippen LogP contribution is 2.34. The largest absolute Gasteiger partial charge is 0.383 e. The average Bonchev–Trinajstić information content (AvgIpc) is 3.16. The van der Waals surface area contributed by atoms with Crippen molar-refractivity contribution in [1.82, 2.24) is 9.97 Å². The zero-order valence-corrected chi connectivity index (χ0v) is 11.3. The van der Waals surface area contributed by atoms with Crippen LogP contribution < -0.4 is 16.2 Å². The molecular weight excluding hydrogens is 286 g/mol. The topological polar surface area (TPSA) is 76.3 Å². The fourth-order valence-corrected chi connectivity index (χ4v) is 2.09. The molecule has 1 aliphatic rings. The van der Waals surface area contributed by atoms with Gasteiger partial charge >= 0.3 is 0 Å². The summed E-state index contributed by atoms with van der Waals surface area (Å²) < 4.78 is 6.00. The van der Waals surface area contributed by atoms with Gasteiger partial charge in [0.15, 0.2) is 0 Å². The summed E-state index contributed by atoms with van der Waals surface area (Å²) in [7, 11) is 1.70. The first kappa shape index (κ1) is 12.5. The molecule has 1 fully saturated rings. The number of nitrogens with zero attached hydrogens (tertiary/aromatic N) is 3. The molecular formula is C10H16BrN5O. The van der Waals surface area contributed by atoms with E-state index in [1.165, 1.54) is 12.8 Å². The lowest BCUT2D eigenvalue weighted by Gasteiger charge is -2.24. The van der Waals surface area contributed by atoms with Gasteiger partial charge in [-0.3, -0.25) is 5.43 Å². The van der Waals surface area contributed by atoms with Crippen LogP contribution in [0.5, 0.6) is 0 Å². The first-order valence-electron chi connectivity index (χ1n) is 5.51. The van der Waals surface area contributed by atoms with E-state index in [2.05, 4.69) is 36.2 Å². The highest BCUT2D eigenvalue weighted by molar-refractivity contribution is 9.10. The second-order valence-corrected chi connectivity index (χ2v) is 4.78. The van der Waals surface area contributed by atoms with Gasteiger partial charge in [0.2, 0.25) is 5.95 Å². The van der Waals surface area contributed by atoms with Gasteiger partial charge in [0, 0.05) is 25.9 Å². The maximum absolute atomic E-state index is 5.33. The number of ether oxygens (including phenoxy) is 1. The number of nitrogens with two attached hydrogens (primary N) is 1. The third-order valence-electron chi connectivity index (χ3n) is 2.65. The number of hydrogen-bond donors (Lipinski definition) is 2. The van der Waals surface area contributed by atoms with Crippen LogP contribution in [0.2, 0.25) is 0 Å². The Morgan fingerprint density at radius 1 is 1.65 bits per heavy atom. The Balaban J connectivity index is 2.21. The molecule has 7 heteroatoms. The highest BCUT2D eigenvalue weighted by Gasteiger charge is 2.31. The van der Waals surface area contributed by atoms with Gasteiger partial charge in [-0.2, -0.15) is 4.98 Å². The number of rotatable bonds is 6. The van der Waals surface area contributed by atoms with Gasteiger partial charge < -0.3 is 9.64 Å². The molecule has 0 aromatic carbocycles. The van der Waals surface area contributed by atoms with Crippen molar-refractivity contribution in [2.24, 2.45) is 5.84 Å². The van der Waals surface area contributed by atoms with Crippen LogP contribution in [0.15, 0.2) is 10.7 Å². The molecule has 0 amide bonds. The molecule has 0 spiro atoms. The maximum atomic E-state index is 5.33. The number of hydrazine groups is 1. The van der Waals surface area contributed by atoms with Crippen LogP contribution in [0.3, 0.4) is 0 Å². The van der Waals surface area contributed by atoms with Crippen molar-refractivity contribution in [2.45, 2.75) is 18.9 Å². The Labute approximate surface area is 109 Å². The van der Waals surface area contributed by atoms with E-state index in [1.54, 1.807) is 13.3 Å². The van der Waals surface area contributed by atoms with Crippen LogP contribution in [0.4, 0.5) is 11.8 Å². The molecule has 1 heterocycles. The molecule has 0 bridgehead atoms. The summed E-state index contributed by atoms with van der Waals surface area (Å²) >= 11 is 3.47. The smallest absolute Gasteiger partial charge is 0.239 e. The second-order valence-electron chi connectivity index (χ2n) is 3.93. The van der Waals surface area contributed by atoms with E-state index in [0.29, 0.717) is 18.6 Å². The van der Waals surface area contributed by atoms with Crippen LogP contribution in [0.1, 0.15) is 12.8 Å². The Bertz CT molecular complexity index is 385. The standard InChI is InChI=1S/C10H16BrN5O/c1-17-5-4-16(7-2-3-7)9-8(11)6-13-10(14-9)15-12/h6-7H,2-5,12H2,1H3,(H,13,14,15). The number of aromatic nitrogens is 2. The lowest BCUT2D eigenvalue weighted by molar-refractivity contribution is 0.204. The monoisotopic (exact) mass is 301 g/mol. The van der Waals surface area contributed by atoms with Crippen LogP contribution in [0.25, 0.3) is 0 Å². The van der Waals surface area contributed by atoms with E-state index in [0.717, 1.165) is 16.8 Å². The Morgan fingerprint density at radius 3 is 3.00 bits per heavy atom. The SMILES string of the molecule is COCCN(c1nc(NN)ncc1Br)C1CC1. The average molecular weight is 302 g/mol. The summed E-state index contributed by atoms with van der Waals surface area (Å²) in [6, 6.07) is 0.557. The van der Waals surface area contributed by atoms with Gasteiger partial charge in [-0.1, -0.05) is 0 Å². The molecule has 1 aromatic rings. The summed E-state index contributed by atoms with van der Waals surface area (Å²) in [4.78, 5) is 10.7. The summed E-state index contributed by atoms with van der Waals surface area (Å²) in [6.45, 7) is 1.50. The zero-order valence-electron chi connectivity index (χ0n) is 9.69. The predicted molar refractivity (Wildman–Crippen MR) is 69.8 cm³/mol. The van der Waals surface area contributed by atoms with Crippen molar-refractivity contribution in [3.63, 3.8) is 0 Å². The molecule has 3 N–H and O–H groups in total. The molecule has 1 aliphatic carbocycles. The molecule has 0 radical (unpaired) electrons. The second kappa shape index (κ2) is 5.61. The highest BCUT2D eigenvalue weighted by atomic mass is 79.9. The molecule has 0 aliphatic heterocycles. The number of halogens is 1. The Morgan fingerprint density at radius 2 is 2.41 bits per heavy atom. The van der Waals surface area contributed by atoms with Crippen LogP contribution in [-0.2, 0) is 4.74 Å². The van der Waals surface area contributed by atoms with Crippen molar-refractivity contribution >= 4 is 27.7 Å². The molecule has 94 valence electrons. The molecule has 0 unspecified atom stereocenters. The molecule has 6 nitrogen and oxygen atoms in total. The first-order chi connectivity index (χ1) is 8.26. The third-order valence-corrected chi connectivity index (χ3v) is 3.21.